The van der Waals surface area contributed by atoms with Gasteiger partial charge in [0.15, 0.2) is 0 Å². The summed E-state index contributed by atoms with van der Waals surface area (Å²) in [4.78, 5) is 0. The summed E-state index contributed by atoms with van der Waals surface area (Å²) in [7, 11) is 0. The molecule has 3 aromatic carbocycles. The van der Waals surface area contributed by atoms with Crippen molar-refractivity contribution in [3.05, 3.63) is 60.7 Å². The predicted molar refractivity (Wildman–Crippen MR) is 105 cm³/mol. The SMILES string of the molecule is [CH3][Al][CH2]n1c2ccccc2c2cc3c(cc21)c1ccccc1[n]3[Al]. The van der Waals surface area contributed by atoms with Gasteiger partial charge in [-0.05, 0) is 29.7 Å². The molecule has 5 aromatic rings. The number of para-hydroxylation sites is 2. The van der Waals surface area contributed by atoms with Crippen LogP contribution in [0.3, 0.4) is 0 Å². The van der Waals surface area contributed by atoms with Gasteiger partial charge in [-0.3, -0.25) is 0 Å². The van der Waals surface area contributed by atoms with E-state index in [1.807, 2.05) is 0 Å². The summed E-state index contributed by atoms with van der Waals surface area (Å²) in [6.07, 6.45) is 0. The third-order valence-electron chi connectivity index (χ3n) is 4.97. The van der Waals surface area contributed by atoms with E-state index in [1.165, 1.54) is 43.6 Å². The minimum absolute atomic E-state index is 0.415. The largest absolute Gasteiger partial charge is 0.452 e. The molecule has 0 saturated heterocycles. The molecule has 0 bridgehead atoms. The Balaban J connectivity index is 2.04. The highest BCUT2D eigenvalue weighted by atomic mass is 27.1. The van der Waals surface area contributed by atoms with Crippen LogP contribution < -0.4 is 0 Å². The molecule has 0 aliphatic rings. The Morgan fingerprint density at radius 2 is 1.33 bits per heavy atom. The molecule has 3 radical (unpaired) electrons. The molecule has 0 atom stereocenters. The quantitative estimate of drug-likeness (QED) is 0.419. The van der Waals surface area contributed by atoms with Gasteiger partial charge in [-0.1, -0.05) is 36.4 Å². The second kappa shape index (κ2) is 5.42. The van der Waals surface area contributed by atoms with Crippen LogP contribution in [0.2, 0.25) is 5.79 Å². The van der Waals surface area contributed by atoms with Gasteiger partial charge in [-0.25, -0.2) is 0 Å². The van der Waals surface area contributed by atoms with Gasteiger partial charge in [0, 0.05) is 43.6 Å². The molecule has 4 heteroatoms. The Bertz CT molecular complexity index is 1230. The van der Waals surface area contributed by atoms with Crippen LogP contribution in [-0.4, -0.2) is 39.8 Å². The zero-order valence-electron chi connectivity index (χ0n) is 13.5. The molecule has 0 unspecified atom stereocenters. The van der Waals surface area contributed by atoms with E-state index in [9.17, 15) is 0 Å². The van der Waals surface area contributed by atoms with E-state index in [1.54, 1.807) is 0 Å². The second-order valence-corrected chi connectivity index (χ2v) is 8.01. The first kappa shape index (κ1) is 14.6. The third kappa shape index (κ3) is 1.89. The fourth-order valence-corrected chi connectivity index (χ4v) is 5.12. The number of hydrogen-bond donors (Lipinski definition) is 0. The number of hydrogen-bond acceptors (Lipinski definition) is 0. The second-order valence-electron chi connectivity index (χ2n) is 6.31. The van der Waals surface area contributed by atoms with Crippen molar-refractivity contribution in [1.82, 2.24) is 8.12 Å². The number of fused-ring (bicyclic) bond motifs is 6. The first-order valence-corrected chi connectivity index (χ1v) is 10.8. The van der Waals surface area contributed by atoms with E-state index >= 15 is 0 Å². The van der Waals surface area contributed by atoms with Gasteiger partial charge in [0.25, 0.3) is 0 Å². The molecule has 0 aliphatic heterocycles. The molecule has 0 aliphatic carbocycles. The summed E-state index contributed by atoms with van der Waals surface area (Å²) in [6, 6.07) is 22.2. The minimum Gasteiger partial charge on any atom is -0.452 e. The Morgan fingerprint density at radius 3 is 2.08 bits per heavy atom. The predicted octanol–water partition coefficient (Wildman–Crippen LogP) is 4.54. The van der Waals surface area contributed by atoms with Crippen molar-refractivity contribution in [1.29, 1.82) is 0 Å². The van der Waals surface area contributed by atoms with Crippen LogP contribution in [0.4, 0.5) is 0 Å². The highest BCUT2D eigenvalue weighted by molar-refractivity contribution is 6.32. The summed E-state index contributed by atoms with van der Waals surface area (Å²) in [5.74, 6) is 2.33. The smallest absolute Gasteiger partial charge is 0.318 e. The standard InChI is InChI=1S/C19H12N2.CH3.2Al/c1-21-18-9-5-3-7-13(18)15-10-17-14(11-19(15)21)12-6-2-4-8-16(12)20-17;;;/h2-11H,1H2;1H3;;/q-1;;;+1. The third-order valence-corrected chi connectivity index (χ3v) is 6.25. The molecule has 0 saturated carbocycles. The molecule has 0 amide bonds. The van der Waals surface area contributed by atoms with Crippen LogP contribution in [-0.2, 0) is 5.41 Å². The Labute approximate surface area is 155 Å². The number of benzene rings is 3. The average molecular weight is 337 g/mol. The van der Waals surface area contributed by atoms with Crippen LogP contribution in [0.1, 0.15) is 0 Å². The highest BCUT2D eigenvalue weighted by Crippen LogP contribution is 2.36. The van der Waals surface area contributed by atoms with Gasteiger partial charge < -0.3 is 8.12 Å². The Hall–Kier alpha value is -1.68. The van der Waals surface area contributed by atoms with Crippen molar-refractivity contribution in [2.75, 3.05) is 0 Å². The lowest BCUT2D eigenvalue weighted by Gasteiger charge is -2.05. The first-order chi connectivity index (χ1) is 11.8. The maximum atomic E-state index is 2.88. The van der Waals surface area contributed by atoms with E-state index in [0.717, 1.165) is 5.41 Å². The number of nitrogens with zero attached hydrogens (tertiary/aromatic N) is 2. The summed E-state index contributed by atoms with van der Waals surface area (Å²) in [6.45, 7) is 0. The molecule has 0 fully saturated rings. The molecular formula is C20H15Al2N2. The van der Waals surface area contributed by atoms with Crippen LogP contribution in [0.15, 0.2) is 60.7 Å². The van der Waals surface area contributed by atoms with Crippen molar-refractivity contribution in [3.63, 3.8) is 0 Å². The highest BCUT2D eigenvalue weighted by Gasteiger charge is 2.14. The summed E-state index contributed by atoms with van der Waals surface area (Å²) < 4.78 is 4.75. The molecule has 0 N–H and O–H groups in total. The zero-order valence-corrected chi connectivity index (χ0v) is 15.8. The molecule has 0 spiro atoms. The van der Waals surface area contributed by atoms with Crippen LogP contribution in [0.5, 0.6) is 0 Å². The van der Waals surface area contributed by atoms with E-state index in [0.29, 0.717) is 15.2 Å². The first-order valence-electron chi connectivity index (χ1n) is 8.26. The van der Waals surface area contributed by atoms with Gasteiger partial charge >= 0.3 is 16.5 Å². The zero-order chi connectivity index (χ0) is 16.3. The molecule has 2 aromatic heterocycles. The fraction of sp³-hybridized carbons (Fsp3) is 0.100. The molecular weight excluding hydrogens is 322 g/mol. The van der Waals surface area contributed by atoms with E-state index in [-0.39, 0.29) is 0 Å². The fourth-order valence-electron chi connectivity index (χ4n) is 3.92. The monoisotopic (exact) mass is 337 g/mol. The maximum Gasteiger partial charge on any atom is 0.318 e. The van der Waals surface area contributed by atoms with Gasteiger partial charge in [0.1, 0.15) is 0 Å². The normalized spacial score (nSPS) is 11.9. The minimum atomic E-state index is 0.415. The lowest BCUT2D eigenvalue weighted by molar-refractivity contribution is 0.964. The van der Waals surface area contributed by atoms with Crippen molar-refractivity contribution in [2.24, 2.45) is 0 Å². The van der Waals surface area contributed by atoms with Crippen molar-refractivity contribution >= 4 is 75.3 Å². The van der Waals surface area contributed by atoms with Gasteiger partial charge in [-0.15, -0.1) is 5.79 Å². The van der Waals surface area contributed by atoms with Crippen LogP contribution in [0, 0.1) is 0 Å². The van der Waals surface area contributed by atoms with Gasteiger partial charge in [0.05, 0.1) is 0 Å². The molecule has 2 nitrogen and oxygen atoms in total. The van der Waals surface area contributed by atoms with Gasteiger partial charge in [-0.2, -0.15) is 0 Å². The van der Waals surface area contributed by atoms with E-state index in [2.05, 4.69) is 91.1 Å². The maximum absolute atomic E-state index is 2.88. The van der Waals surface area contributed by atoms with Gasteiger partial charge in [0.2, 0.25) is 15.2 Å². The number of aromatic nitrogens is 2. The Morgan fingerprint density at radius 1 is 0.750 bits per heavy atom. The van der Waals surface area contributed by atoms with Crippen molar-refractivity contribution < 1.29 is 0 Å². The summed E-state index contributed by atoms with van der Waals surface area (Å²) in [5, 5.41) is 6.51. The number of rotatable bonds is 2. The lowest BCUT2D eigenvalue weighted by atomic mass is 10.1. The topological polar surface area (TPSA) is 9.86 Å². The van der Waals surface area contributed by atoms with Crippen LogP contribution >= 0.6 is 0 Å². The molecule has 2 heterocycles. The summed E-state index contributed by atoms with van der Waals surface area (Å²) in [5.41, 5.74) is 5.26. The lowest BCUT2D eigenvalue weighted by Crippen LogP contribution is -2.01. The molecule has 111 valence electrons. The van der Waals surface area contributed by atoms with E-state index in [4.69, 9.17) is 0 Å². The van der Waals surface area contributed by atoms with Crippen molar-refractivity contribution in [2.45, 2.75) is 11.2 Å². The summed E-state index contributed by atoms with van der Waals surface area (Å²) >= 11 is 3.29. The van der Waals surface area contributed by atoms with Crippen molar-refractivity contribution in [3.8, 4) is 0 Å². The Kier molecular flexibility index (Phi) is 3.31. The van der Waals surface area contributed by atoms with E-state index < -0.39 is 0 Å². The molecule has 5 rings (SSSR count). The average Bonchev–Trinajstić information content (AvgIpc) is 3.08. The molecule has 24 heavy (non-hydrogen) atoms. The van der Waals surface area contributed by atoms with Crippen LogP contribution in [0.25, 0.3) is 43.6 Å².